The van der Waals surface area contributed by atoms with Crippen LogP contribution in [0, 0.1) is 6.92 Å². The first kappa shape index (κ1) is 28.9. The summed E-state index contributed by atoms with van der Waals surface area (Å²) in [4.78, 5) is 56.4. The molecule has 1 saturated heterocycles. The summed E-state index contributed by atoms with van der Waals surface area (Å²) in [6.07, 6.45) is 1.31. The van der Waals surface area contributed by atoms with E-state index in [9.17, 15) is 24.3 Å². The Bertz CT molecular complexity index is 1560. The van der Waals surface area contributed by atoms with Crippen LogP contribution in [-0.4, -0.2) is 67.6 Å². The number of likely N-dealkylation sites (N-methyl/N-ethyl adjacent to an activating group) is 1. The average molecular weight is 569 g/mol. The molecule has 0 radical (unpaired) electrons. The summed E-state index contributed by atoms with van der Waals surface area (Å²) in [6.45, 7) is 12.1. The quantitative estimate of drug-likeness (QED) is 0.440. The number of amides is 4. The Labute approximate surface area is 237 Å². The molecule has 40 heavy (non-hydrogen) atoms. The van der Waals surface area contributed by atoms with E-state index in [1.165, 1.54) is 29.1 Å². The maximum absolute atomic E-state index is 13.8. The molecule has 3 heterocycles. The number of nitrogens with zero attached hydrogens (tertiary/aromatic N) is 4. The number of aryl methyl sites for hydroxylation is 2. The minimum absolute atomic E-state index is 0.149. The van der Waals surface area contributed by atoms with Crippen molar-refractivity contribution in [2.45, 2.75) is 52.5 Å². The molecule has 214 valence electrons. The summed E-state index contributed by atoms with van der Waals surface area (Å²) in [5.41, 5.74) is 0.113. The number of hydrogen-bond donors (Lipinski definition) is 3. The van der Waals surface area contributed by atoms with Crippen LogP contribution in [0.5, 0.6) is 5.88 Å². The third-order valence-corrected chi connectivity index (χ3v) is 8.59. The Morgan fingerprint density at radius 2 is 1.73 bits per heavy atom. The van der Waals surface area contributed by atoms with E-state index in [4.69, 9.17) is 0 Å². The van der Waals surface area contributed by atoms with Crippen molar-refractivity contribution in [2.24, 2.45) is 7.05 Å². The molecule has 0 saturated carbocycles. The summed E-state index contributed by atoms with van der Waals surface area (Å²) in [5.74, 6) is -0.701. The topological polar surface area (TPSA) is 129 Å². The third-order valence-electron chi connectivity index (χ3n) is 7.12. The van der Waals surface area contributed by atoms with Crippen LogP contribution < -0.4 is 16.3 Å². The number of aromatic hydroxyl groups is 1. The van der Waals surface area contributed by atoms with Gasteiger partial charge in [0.05, 0.1) is 17.4 Å². The Morgan fingerprint density at radius 3 is 2.33 bits per heavy atom. The summed E-state index contributed by atoms with van der Waals surface area (Å²) < 4.78 is 2.42. The predicted molar refractivity (Wildman–Crippen MR) is 156 cm³/mol. The summed E-state index contributed by atoms with van der Waals surface area (Å²) in [5, 5.41) is 16.2. The van der Waals surface area contributed by atoms with Gasteiger partial charge >= 0.3 is 11.7 Å². The second-order valence-corrected chi connectivity index (χ2v) is 12.7. The molecule has 0 aliphatic carbocycles. The van der Waals surface area contributed by atoms with E-state index in [2.05, 4.69) is 10.6 Å². The maximum Gasteiger partial charge on any atom is 0.335 e. The molecule has 0 atom stereocenters. The van der Waals surface area contributed by atoms with Crippen molar-refractivity contribution >= 4 is 39.9 Å². The number of urea groups is 1. The van der Waals surface area contributed by atoms with Crippen molar-refractivity contribution in [3.63, 3.8) is 0 Å². The van der Waals surface area contributed by atoms with Crippen LogP contribution in [0.4, 0.5) is 15.5 Å². The molecule has 4 amide bonds. The lowest BCUT2D eigenvalue weighted by molar-refractivity contribution is -0.144. The van der Waals surface area contributed by atoms with Crippen molar-refractivity contribution in [1.82, 2.24) is 18.9 Å². The van der Waals surface area contributed by atoms with Gasteiger partial charge in [0, 0.05) is 37.7 Å². The first-order valence-electron chi connectivity index (χ1n) is 12.9. The molecule has 2 aromatic heterocycles. The fraction of sp³-hybridized carbons (Fsp3) is 0.429. The zero-order valence-corrected chi connectivity index (χ0v) is 24.9. The minimum Gasteiger partial charge on any atom is -0.493 e. The van der Waals surface area contributed by atoms with Crippen LogP contribution in [0.25, 0.3) is 5.69 Å². The van der Waals surface area contributed by atoms with E-state index in [-0.39, 0.29) is 23.1 Å². The highest BCUT2D eigenvalue weighted by molar-refractivity contribution is 7.16. The maximum atomic E-state index is 13.8. The molecular formula is C28H36N6O5S. The van der Waals surface area contributed by atoms with E-state index in [0.717, 1.165) is 15.0 Å². The fourth-order valence-electron chi connectivity index (χ4n) is 4.69. The Kier molecular flexibility index (Phi) is 7.35. The molecule has 11 nitrogen and oxygen atoms in total. The molecule has 1 fully saturated rings. The Morgan fingerprint density at radius 1 is 1.05 bits per heavy atom. The van der Waals surface area contributed by atoms with E-state index < -0.39 is 17.3 Å². The lowest BCUT2D eigenvalue weighted by atomic mass is 9.93. The normalized spacial score (nSPS) is 15.3. The molecule has 3 N–H and O–H groups in total. The third kappa shape index (κ3) is 5.23. The molecule has 1 aromatic carbocycles. The smallest absolute Gasteiger partial charge is 0.335 e. The van der Waals surface area contributed by atoms with Gasteiger partial charge in [0.15, 0.2) is 0 Å². The highest BCUT2D eigenvalue weighted by Gasteiger charge is 2.44. The van der Waals surface area contributed by atoms with E-state index >= 15 is 0 Å². The van der Waals surface area contributed by atoms with E-state index in [1.807, 2.05) is 20.8 Å². The van der Waals surface area contributed by atoms with Gasteiger partial charge in [-0.05, 0) is 49.9 Å². The van der Waals surface area contributed by atoms with Crippen LogP contribution in [-0.2, 0) is 17.3 Å². The van der Waals surface area contributed by atoms with Crippen LogP contribution in [0.15, 0.2) is 35.3 Å². The monoisotopic (exact) mass is 568 g/mol. The lowest BCUT2D eigenvalue weighted by Gasteiger charge is -2.44. The van der Waals surface area contributed by atoms with Crippen LogP contribution >= 0.6 is 11.3 Å². The van der Waals surface area contributed by atoms with Gasteiger partial charge in [0.1, 0.15) is 10.5 Å². The summed E-state index contributed by atoms with van der Waals surface area (Å²) in [7, 11) is 3.26. The van der Waals surface area contributed by atoms with Gasteiger partial charge in [-0.25, -0.2) is 14.2 Å². The van der Waals surface area contributed by atoms with Gasteiger partial charge in [-0.3, -0.25) is 19.5 Å². The van der Waals surface area contributed by atoms with Gasteiger partial charge < -0.3 is 20.2 Å². The van der Waals surface area contributed by atoms with Gasteiger partial charge in [-0.2, -0.15) is 0 Å². The largest absolute Gasteiger partial charge is 0.493 e. The number of rotatable bonds is 4. The number of benzene rings is 1. The van der Waals surface area contributed by atoms with Crippen LogP contribution in [0.3, 0.4) is 0 Å². The van der Waals surface area contributed by atoms with Crippen LogP contribution in [0.2, 0.25) is 0 Å². The number of thiophene rings is 1. The van der Waals surface area contributed by atoms with Crippen molar-refractivity contribution in [1.29, 1.82) is 0 Å². The summed E-state index contributed by atoms with van der Waals surface area (Å²) in [6, 6.07) is 6.21. The number of nitrogens with one attached hydrogen (secondary N) is 2. The highest BCUT2D eigenvalue weighted by Crippen LogP contribution is 2.38. The Balaban J connectivity index is 1.63. The van der Waals surface area contributed by atoms with Crippen molar-refractivity contribution in [2.75, 3.05) is 30.8 Å². The molecule has 1 aliphatic rings. The lowest BCUT2D eigenvalue weighted by Crippen LogP contribution is -2.63. The first-order chi connectivity index (χ1) is 18.5. The van der Waals surface area contributed by atoms with Gasteiger partial charge in [-0.15, -0.1) is 11.3 Å². The van der Waals surface area contributed by atoms with Crippen molar-refractivity contribution in [3.8, 4) is 11.6 Å². The number of aromatic nitrogens is 2. The average Bonchev–Trinajstić information content (AvgIpc) is 3.38. The van der Waals surface area contributed by atoms with Crippen molar-refractivity contribution in [3.05, 3.63) is 57.0 Å². The van der Waals surface area contributed by atoms with Gasteiger partial charge in [-0.1, -0.05) is 26.8 Å². The molecule has 0 spiro atoms. The minimum atomic E-state index is -1.03. The highest BCUT2D eigenvalue weighted by atomic mass is 32.1. The number of carbonyl (C=O) groups excluding carboxylic acids is 3. The molecule has 1 aliphatic heterocycles. The van der Waals surface area contributed by atoms with E-state index in [1.54, 1.807) is 61.9 Å². The number of anilines is 2. The van der Waals surface area contributed by atoms with Gasteiger partial charge in [0.2, 0.25) is 11.8 Å². The Hall–Kier alpha value is -4.06. The molecular weight excluding hydrogens is 532 g/mol. The summed E-state index contributed by atoms with van der Waals surface area (Å²) >= 11 is 1.31. The number of imidazole rings is 1. The van der Waals surface area contributed by atoms with Crippen molar-refractivity contribution < 1.29 is 19.5 Å². The zero-order valence-electron chi connectivity index (χ0n) is 24.1. The number of carbonyl (C=O) groups is 3. The molecule has 0 unspecified atom stereocenters. The van der Waals surface area contributed by atoms with Gasteiger partial charge in [0.25, 0.3) is 5.91 Å². The second-order valence-electron chi connectivity index (χ2n) is 11.6. The number of piperazine rings is 1. The second kappa shape index (κ2) is 10.2. The number of hydrogen-bond acceptors (Lipinski definition) is 6. The molecule has 12 heteroatoms. The first-order valence-corrected chi connectivity index (χ1v) is 13.7. The molecule has 4 rings (SSSR count). The molecule has 3 aromatic rings. The SMILES string of the molecule is Cc1ccc(NC(=O)Nc2sc(C(C)(C)C)cc2C(=O)N2CCN(C)C(=O)C2(C)C)cc1-n1c(O)cn(C)c1=O. The van der Waals surface area contributed by atoms with E-state index in [0.29, 0.717) is 35.0 Å². The zero-order chi connectivity index (χ0) is 29.7. The van der Waals surface area contributed by atoms with Crippen LogP contribution in [0.1, 0.15) is 55.4 Å². The fourth-order valence-corrected chi connectivity index (χ4v) is 5.79. The standard InChI is InChI=1S/C28H36N6O5S/c1-16-9-10-17(13-19(16)34-21(35)15-32(8)26(34)39)29-25(38)30-22-18(14-20(40-22)27(2,3)4)23(36)33-12-11-31(7)24(37)28(33,5)6/h9-10,13-15,35H,11-12H2,1-8H3,(H2,29,30,38). The predicted octanol–water partition coefficient (Wildman–Crippen LogP) is 3.89. The molecule has 0 bridgehead atoms.